The molecular formula is C18H20BrN3O2. The maximum atomic E-state index is 12.6. The number of nitrogens with zero attached hydrogens (tertiary/aromatic N) is 1. The van der Waals surface area contributed by atoms with Gasteiger partial charge in [0.25, 0.3) is 0 Å². The van der Waals surface area contributed by atoms with Crippen LogP contribution in [0.4, 0.5) is 4.79 Å². The first-order chi connectivity index (χ1) is 11.5. The van der Waals surface area contributed by atoms with Gasteiger partial charge in [-0.05, 0) is 30.3 Å². The molecule has 6 heteroatoms. The molecule has 1 unspecified atom stereocenters. The zero-order valence-corrected chi connectivity index (χ0v) is 15.2. The zero-order chi connectivity index (χ0) is 17.5. The maximum Gasteiger partial charge on any atom is 0.321 e. The van der Waals surface area contributed by atoms with Crippen molar-refractivity contribution in [2.75, 3.05) is 14.1 Å². The van der Waals surface area contributed by atoms with E-state index in [2.05, 4.69) is 26.6 Å². The molecule has 5 nitrogen and oxygen atoms in total. The standard InChI is InChI=1S/C18H20BrN3O2/c1-20-18(24)21-17(23)16(14-6-4-3-5-7-14)22(2)12-13-8-10-15(19)11-9-13/h3-11,16H,12H2,1-2H3,(H2,20,21,23,24). The van der Waals surface area contributed by atoms with Crippen LogP contribution in [0.3, 0.4) is 0 Å². The molecule has 126 valence electrons. The molecule has 1 atom stereocenters. The Morgan fingerprint density at radius 1 is 1.08 bits per heavy atom. The van der Waals surface area contributed by atoms with Gasteiger partial charge in [0.15, 0.2) is 0 Å². The van der Waals surface area contributed by atoms with Gasteiger partial charge < -0.3 is 5.32 Å². The molecule has 0 heterocycles. The number of nitrogens with one attached hydrogen (secondary N) is 2. The van der Waals surface area contributed by atoms with Crippen molar-refractivity contribution in [1.82, 2.24) is 15.5 Å². The molecule has 0 aliphatic heterocycles. The summed E-state index contributed by atoms with van der Waals surface area (Å²) in [7, 11) is 3.34. The van der Waals surface area contributed by atoms with E-state index in [9.17, 15) is 9.59 Å². The lowest BCUT2D eigenvalue weighted by Gasteiger charge is -2.27. The number of carbonyl (C=O) groups is 2. The van der Waals surface area contributed by atoms with Crippen LogP contribution in [0.15, 0.2) is 59.1 Å². The lowest BCUT2D eigenvalue weighted by atomic mass is 10.0. The third-order valence-corrected chi connectivity index (χ3v) is 4.14. The van der Waals surface area contributed by atoms with E-state index in [0.717, 1.165) is 15.6 Å². The highest BCUT2D eigenvalue weighted by Crippen LogP contribution is 2.22. The van der Waals surface area contributed by atoms with Crippen molar-refractivity contribution in [1.29, 1.82) is 0 Å². The van der Waals surface area contributed by atoms with Crippen molar-refractivity contribution in [3.63, 3.8) is 0 Å². The summed E-state index contributed by atoms with van der Waals surface area (Å²) in [6, 6.07) is 16.3. The van der Waals surface area contributed by atoms with E-state index in [1.54, 1.807) is 0 Å². The van der Waals surface area contributed by atoms with Crippen molar-refractivity contribution in [2.24, 2.45) is 0 Å². The topological polar surface area (TPSA) is 61.4 Å². The van der Waals surface area contributed by atoms with Crippen molar-refractivity contribution in [3.8, 4) is 0 Å². The quantitative estimate of drug-likeness (QED) is 0.825. The van der Waals surface area contributed by atoms with Crippen molar-refractivity contribution >= 4 is 27.9 Å². The number of hydrogen-bond acceptors (Lipinski definition) is 3. The molecule has 0 fully saturated rings. The average Bonchev–Trinajstić information content (AvgIpc) is 2.58. The Balaban J connectivity index is 2.22. The van der Waals surface area contributed by atoms with E-state index >= 15 is 0 Å². The summed E-state index contributed by atoms with van der Waals surface area (Å²) in [5.41, 5.74) is 1.91. The summed E-state index contributed by atoms with van der Waals surface area (Å²) in [5.74, 6) is -0.361. The fraction of sp³-hybridized carbons (Fsp3) is 0.222. The molecule has 0 aliphatic rings. The normalized spacial score (nSPS) is 11.8. The van der Waals surface area contributed by atoms with Gasteiger partial charge in [0.1, 0.15) is 6.04 Å². The number of carbonyl (C=O) groups excluding carboxylic acids is 2. The number of hydrogen-bond donors (Lipinski definition) is 2. The number of rotatable bonds is 5. The molecule has 2 N–H and O–H groups in total. The fourth-order valence-corrected chi connectivity index (χ4v) is 2.72. The molecule has 0 saturated carbocycles. The lowest BCUT2D eigenvalue weighted by molar-refractivity contribution is -0.125. The van der Waals surface area contributed by atoms with Crippen LogP contribution >= 0.6 is 15.9 Å². The molecular weight excluding hydrogens is 370 g/mol. The van der Waals surface area contributed by atoms with Crippen LogP contribution in [0.1, 0.15) is 17.2 Å². The Morgan fingerprint density at radius 3 is 2.29 bits per heavy atom. The number of benzene rings is 2. The molecule has 0 saturated heterocycles. The molecule has 2 aromatic rings. The van der Waals surface area contributed by atoms with Crippen molar-refractivity contribution in [3.05, 3.63) is 70.2 Å². The summed E-state index contributed by atoms with van der Waals surface area (Å²) in [6.07, 6.45) is 0. The van der Waals surface area contributed by atoms with E-state index in [-0.39, 0.29) is 5.91 Å². The highest BCUT2D eigenvalue weighted by atomic mass is 79.9. The third kappa shape index (κ3) is 4.91. The van der Waals surface area contributed by atoms with Crippen molar-refractivity contribution < 1.29 is 9.59 Å². The van der Waals surface area contributed by atoms with Crippen LogP contribution in [-0.4, -0.2) is 30.9 Å². The molecule has 0 aliphatic carbocycles. The van der Waals surface area contributed by atoms with E-state index < -0.39 is 12.1 Å². The Bertz CT molecular complexity index is 689. The van der Waals surface area contributed by atoms with Gasteiger partial charge in [-0.15, -0.1) is 0 Å². The fourth-order valence-electron chi connectivity index (χ4n) is 2.45. The number of imide groups is 1. The molecule has 0 bridgehead atoms. The summed E-state index contributed by atoms with van der Waals surface area (Å²) in [4.78, 5) is 26.0. The number of likely N-dealkylation sites (N-methyl/N-ethyl adjacent to an activating group) is 1. The Labute approximate surface area is 150 Å². The van der Waals surface area contributed by atoms with Gasteiger partial charge in [0.2, 0.25) is 5.91 Å². The molecule has 0 aromatic heterocycles. The van der Waals surface area contributed by atoms with E-state index in [1.807, 2.05) is 66.5 Å². The van der Waals surface area contributed by atoms with Crippen LogP contribution in [0.25, 0.3) is 0 Å². The second-order valence-electron chi connectivity index (χ2n) is 5.42. The van der Waals surface area contributed by atoms with E-state index in [4.69, 9.17) is 0 Å². The van der Waals surface area contributed by atoms with Crippen molar-refractivity contribution in [2.45, 2.75) is 12.6 Å². The maximum absolute atomic E-state index is 12.6. The molecule has 24 heavy (non-hydrogen) atoms. The van der Waals surface area contributed by atoms with Crippen LogP contribution in [0, 0.1) is 0 Å². The molecule has 3 amide bonds. The van der Waals surface area contributed by atoms with Crippen LogP contribution in [0.5, 0.6) is 0 Å². The van der Waals surface area contributed by atoms with Gasteiger partial charge in [-0.3, -0.25) is 15.0 Å². The monoisotopic (exact) mass is 389 g/mol. The van der Waals surface area contributed by atoms with Gasteiger partial charge in [-0.2, -0.15) is 0 Å². The molecule has 0 radical (unpaired) electrons. The molecule has 2 rings (SSSR count). The van der Waals surface area contributed by atoms with E-state index in [0.29, 0.717) is 6.54 Å². The number of halogens is 1. The smallest absolute Gasteiger partial charge is 0.321 e. The van der Waals surface area contributed by atoms with Crippen LogP contribution in [0.2, 0.25) is 0 Å². The predicted molar refractivity (Wildman–Crippen MR) is 97.4 cm³/mol. The van der Waals surface area contributed by atoms with Gasteiger partial charge in [-0.1, -0.05) is 58.4 Å². The van der Waals surface area contributed by atoms with E-state index in [1.165, 1.54) is 7.05 Å². The minimum Gasteiger partial charge on any atom is -0.341 e. The minimum absolute atomic E-state index is 0.361. The lowest BCUT2D eigenvalue weighted by Crippen LogP contribution is -2.44. The summed E-state index contributed by atoms with van der Waals surface area (Å²) in [5, 5.41) is 4.77. The first-order valence-corrected chi connectivity index (χ1v) is 8.32. The second-order valence-corrected chi connectivity index (χ2v) is 6.34. The number of urea groups is 1. The molecule has 2 aromatic carbocycles. The van der Waals surface area contributed by atoms with Gasteiger partial charge in [0, 0.05) is 18.1 Å². The van der Waals surface area contributed by atoms with Gasteiger partial charge in [-0.25, -0.2) is 4.79 Å². The second kappa shape index (κ2) is 8.61. The summed E-state index contributed by atoms with van der Waals surface area (Å²) >= 11 is 3.41. The predicted octanol–water partition coefficient (Wildman–Crippen LogP) is 3.08. The van der Waals surface area contributed by atoms with Crippen LogP contribution in [-0.2, 0) is 11.3 Å². The van der Waals surface area contributed by atoms with Gasteiger partial charge >= 0.3 is 6.03 Å². The Hall–Kier alpha value is -2.18. The highest BCUT2D eigenvalue weighted by molar-refractivity contribution is 9.10. The highest BCUT2D eigenvalue weighted by Gasteiger charge is 2.26. The Kier molecular flexibility index (Phi) is 6.52. The molecule has 0 spiro atoms. The average molecular weight is 390 g/mol. The summed E-state index contributed by atoms with van der Waals surface area (Å²) < 4.78 is 1.01. The zero-order valence-electron chi connectivity index (χ0n) is 13.6. The van der Waals surface area contributed by atoms with Gasteiger partial charge in [0.05, 0.1) is 0 Å². The first kappa shape index (κ1) is 18.2. The Morgan fingerprint density at radius 2 is 1.71 bits per heavy atom. The minimum atomic E-state index is -0.563. The number of amides is 3. The first-order valence-electron chi connectivity index (χ1n) is 7.53. The largest absolute Gasteiger partial charge is 0.341 e. The third-order valence-electron chi connectivity index (χ3n) is 3.61. The van der Waals surface area contributed by atoms with Crippen LogP contribution < -0.4 is 10.6 Å². The SMILES string of the molecule is CNC(=O)NC(=O)C(c1ccccc1)N(C)Cc1ccc(Br)cc1. The summed E-state index contributed by atoms with van der Waals surface area (Å²) in [6.45, 7) is 0.577.